The molecule has 24 heavy (non-hydrogen) atoms. The molecule has 2 aromatic rings. The summed E-state index contributed by atoms with van der Waals surface area (Å²) < 4.78 is 18.5. The largest absolute Gasteiger partial charge is 0.487 e. The number of hydrogen-bond donors (Lipinski definition) is 1. The van der Waals surface area contributed by atoms with Crippen LogP contribution in [0.5, 0.6) is 5.75 Å². The number of benzene rings is 1. The maximum Gasteiger partial charge on any atom is 0.147 e. The number of nitrogens with zero attached hydrogens (tertiary/aromatic N) is 2. The molecule has 0 saturated carbocycles. The van der Waals surface area contributed by atoms with Gasteiger partial charge >= 0.3 is 0 Å². The maximum absolute atomic E-state index is 12.9. The summed E-state index contributed by atoms with van der Waals surface area (Å²) in [5.74, 6) is 1.07. The molecule has 1 aliphatic heterocycles. The maximum atomic E-state index is 12.9. The highest BCUT2D eigenvalue weighted by Gasteiger charge is 2.20. The third kappa shape index (κ3) is 4.72. The number of nitrogens with two attached hydrogens (primary N) is 1. The van der Waals surface area contributed by atoms with Crippen molar-refractivity contribution in [2.24, 2.45) is 5.73 Å². The van der Waals surface area contributed by atoms with Crippen molar-refractivity contribution >= 4 is 29.8 Å². The molecule has 0 amide bonds. The van der Waals surface area contributed by atoms with Crippen LogP contribution in [0.3, 0.4) is 0 Å². The number of rotatable bonds is 4. The summed E-state index contributed by atoms with van der Waals surface area (Å²) in [5.41, 5.74) is 6.88. The molecule has 7 heteroatoms. The first kappa shape index (κ1) is 18.8. The van der Waals surface area contributed by atoms with Crippen molar-refractivity contribution < 1.29 is 9.13 Å². The third-order valence-electron chi connectivity index (χ3n) is 3.87. The van der Waals surface area contributed by atoms with Crippen molar-refractivity contribution in [3.8, 4) is 5.75 Å². The van der Waals surface area contributed by atoms with Crippen LogP contribution < -0.4 is 15.4 Å². The Morgan fingerprint density at radius 2 is 2.08 bits per heavy atom. The normalized spacial score (nSPS) is 17.3. The smallest absolute Gasteiger partial charge is 0.147 e. The van der Waals surface area contributed by atoms with Gasteiger partial charge in [-0.15, -0.1) is 12.4 Å². The zero-order valence-corrected chi connectivity index (χ0v) is 14.7. The summed E-state index contributed by atoms with van der Waals surface area (Å²) >= 11 is 6.34. The van der Waals surface area contributed by atoms with E-state index in [1.807, 2.05) is 0 Å². The topological polar surface area (TPSA) is 51.4 Å². The molecule has 0 bridgehead atoms. The quantitative estimate of drug-likeness (QED) is 0.887. The Hall–Kier alpha value is -1.56. The van der Waals surface area contributed by atoms with E-state index in [9.17, 15) is 4.39 Å². The Bertz CT molecular complexity index is 669. The minimum Gasteiger partial charge on any atom is -0.487 e. The molecule has 3 rings (SSSR count). The molecule has 1 aromatic carbocycles. The Labute approximate surface area is 152 Å². The van der Waals surface area contributed by atoms with Gasteiger partial charge in [-0.25, -0.2) is 9.37 Å². The van der Waals surface area contributed by atoms with Crippen LogP contribution in [0.4, 0.5) is 10.2 Å². The van der Waals surface area contributed by atoms with Crippen LogP contribution in [0.1, 0.15) is 18.4 Å². The SMILES string of the molecule is Cl.N[C@@H]1CCCN(c2ncc(OCc3ccc(F)cc3)cc2Cl)C1. The fourth-order valence-electron chi connectivity index (χ4n) is 2.67. The number of pyridine rings is 1. The molecular formula is C17H20Cl2FN3O. The second-order valence-electron chi connectivity index (χ2n) is 5.74. The van der Waals surface area contributed by atoms with Crippen molar-refractivity contribution in [3.63, 3.8) is 0 Å². The number of halogens is 3. The summed E-state index contributed by atoms with van der Waals surface area (Å²) in [6.07, 6.45) is 3.74. The van der Waals surface area contributed by atoms with E-state index >= 15 is 0 Å². The van der Waals surface area contributed by atoms with Crippen molar-refractivity contribution in [1.82, 2.24) is 4.98 Å². The molecule has 4 nitrogen and oxygen atoms in total. The number of aromatic nitrogens is 1. The van der Waals surface area contributed by atoms with E-state index in [0.717, 1.165) is 37.3 Å². The Balaban J connectivity index is 0.00000208. The van der Waals surface area contributed by atoms with E-state index in [1.165, 1.54) is 12.1 Å². The van der Waals surface area contributed by atoms with Gasteiger partial charge in [-0.05, 0) is 30.5 Å². The van der Waals surface area contributed by atoms with E-state index in [2.05, 4.69) is 9.88 Å². The van der Waals surface area contributed by atoms with Gasteiger partial charge in [-0.3, -0.25) is 0 Å². The molecule has 0 unspecified atom stereocenters. The minimum atomic E-state index is -0.262. The van der Waals surface area contributed by atoms with Crippen LogP contribution in [-0.2, 0) is 6.61 Å². The van der Waals surface area contributed by atoms with Gasteiger partial charge in [0.15, 0.2) is 0 Å². The summed E-state index contributed by atoms with van der Waals surface area (Å²) in [6, 6.07) is 8.12. The lowest BCUT2D eigenvalue weighted by Gasteiger charge is -2.32. The molecule has 0 radical (unpaired) electrons. The van der Waals surface area contributed by atoms with Crippen LogP contribution in [0.25, 0.3) is 0 Å². The van der Waals surface area contributed by atoms with Gasteiger partial charge in [0.2, 0.25) is 0 Å². The molecule has 0 spiro atoms. The summed E-state index contributed by atoms with van der Waals surface area (Å²) in [7, 11) is 0. The monoisotopic (exact) mass is 371 g/mol. The zero-order chi connectivity index (χ0) is 16.2. The van der Waals surface area contributed by atoms with Crippen molar-refractivity contribution in [2.75, 3.05) is 18.0 Å². The van der Waals surface area contributed by atoms with Gasteiger partial charge in [0.1, 0.15) is 24.0 Å². The van der Waals surface area contributed by atoms with Crippen molar-refractivity contribution in [1.29, 1.82) is 0 Å². The molecular weight excluding hydrogens is 352 g/mol. The standard InChI is InChI=1S/C17H19ClFN3O.ClH/c18-16-8-15(23-11-12-3-5-13(19)6-4-12)9-21-17(16)22-7-1-2-14(20)10-22;/h3-6,8-9,14H,1-2,7,10-11,20H2;1H/t14-;/m1./s1. The second kappa shape index (κ2) is 8.51. The Morgan fingerprint density at radius 1 is 1.33 bits per heavy atom. The van der Waals surface area contributed by atoms with E-state index < -0.39 is 0 Å². The van der Waals surface area contributed by atoms with Crippen LogP contribution in [0.2, 0.25) is 5.02 Å². The molecule has 2 heterocycles. The van der Waals surface area contributed by atoms with E-state index in [1.54, 1.807) is 24.4 Å². The highest BCUT2D eigenvalue weighted by molar-refractivity contribution is 6.33. The van der Waals surface area contributed by atoms with Gasteiger partial charge in [-0.2, -0.15) is 0 Å². The van der Waals surface area contributed by atoms with E-state index in [4.69, 9.17) is 22.1 Å². The van der Waals surface area contributed by atoms with E-state index in [-0.39, 0.29) is 24.3 Å². The molecule has 130 valence electrons. The minimum absolute atomic E-state index is 0. The predicted molar refractivity (Wildman–Crippen MR) is 96.6 cm³/mol. The first-order chi connectivity index (χ1) is 11.1. The van der Waals surface area contributed by atoms with Crippen LogP contribution in [0, 0.1) is 5.82 Å². The average Bonchev–Trinajstić information content (AvgIpc) is 2.54. The fourth-order valence-corrected chi connectivity index (χ4v) is 2.95. The lowest BCUT2D eigenvalue weighted by molar-refractivity contribution is 0.305. The zero-order valence-electron chi connectivity index (χ0n) is 13.1. The molecule has 0 aliphatic carbocycles. The number of piperidine rings is 1. The van der Waals surface area contributed by atoms with Gasteiger partial charge < -0.3 is 15.4 Å². The highest BCUT2D eigenvalue weighted by atomic mass is 35.5. The van der Waals surface area contributed by atoms with Gasteiger partial charge in [-0.1, -0.05) is 23.7 Å². The highest BCUT2D eigenvalue weighted by Crippen LogP contribution is 2.29. The van der Waals surface area contributed by atoms with Crippen molar-refractivity contribution in [3.05, 3.63) is 52.9 Å². The van der Waals surface area contributed by atoms with Crippen LogP contribution in [-0.4, -0.2) is 24.1 Å². The second-order valence-corrected chi connectivity index (χ2v) is 6.15. The molecule has 1 atom stereocenters. The number of anilines is 1. The fraction of sp³-hybridized carbons (Fsp3) is 0.353. The summed E-state index contributed by atoms with van der Waals surface area (Å²) in [6.45, 7) is 2.02. The molecule has 1 aliphatic rings. The van der Waals surface area contributed by atoms with E-state index in [0.29, 0.717) is 17.4 Å². The lowest BCUT2D eigenvalue weighted by Crippen LogP contribution is -2.43. The van der Waals surface area contributed by atoms with Crippen LogP contribution in [0.15, 0.2) is 36.5 Å². The summed E-state index contributed by atoms with van der Waals surface area (Å²) in [5, 5.41) is 0.552. The van der Waals surface area contributed by atoms with Gasteiger partial charge in [0, 0.05) is 25.2 Å². The van der Waals surface area contributed by atoms with Gasteiger partial charge in [0.25, 0.3) is 0 Å². The first-order valence-corrected chi connectivity index (χ1v) is 8.03. The first-order valence-electron chi connectivity index (χ1n) is 7.65. The van der Waals surface area contributed by atoms with Crippen LogP contribution >= 0.6 is 24.0 Å². The molecule has 1 aromatic heterocycles. The Kier molecular flexibility index (Phi) is 6.66. The average molecular weight is 372 g/mol. The molecule has 2 N–H and O–H groups in total. The third-order valence-corrected chi connectivity index (χ3v) is 4.15. The van der Waals surface area contributed by atoms with Gasteiger partial charge in [0.05, 0.1) is 11.2 Å². The summed E-state index contributed by atoms with van der Waals surface area (Å²) in [4.78, 5) is 6.53. The lowest BCUT2D eigenvalue weighted by atomic mass is 10.1. The Morgan fingerprint density at radius 3 is 2.75 bits per heavy atom. The number of ether oxygens (including phenoxy) is 1. The molecule has 1 fully saturated rings. The molecule has 1 saturated heterocycles. The predicted octanol–water partition coefficient (Wildman–Crippen LogP) is 3.80. The number of hydrogen-bond acceptors (Lipinski definition) is 4. The van der Waals surface area contributed by atoms with Crippen molar-refractivity contribution in [2.45, 2.75) is 25.5 Å².